The lowest BCUT2D eigenvalue weighted by atomic mass is 10.1. The molecule has 2 aromatic rings. The molecule has 0 aliphatic heterocycles. The summed E-state index contributed by atoms with van der Waals surface area (Å²) in [7, 11) is 1.98. The maximum absolute atomic E-state index is 5.81. The normalized spacial score (nSPS) is 12.2. The van der Waals surface area contributed by atoms with Crippen LogP contribution in [0, 0.1) is 6.92 Å². The van der Waals surface area contributed by atoms with Gasteiger partial charge in [-0.2, -0.15) is 0 Å². The second kappa shape index (κ2) is 5.04. The average Bonchev–Trinajstić information content (AvgIpc) is 2.38. The molecule has 0 aliphatic rings. The lowest BCUT2D eigenvalue weighted by molar-refractivity contribution is 0.715. The fraction of sp³-hybridized carbons (Fsp3) is 0.286. The summed E-state index contributed by atoms with van der Waals surface area (Å²) in [6.45, 7) is 4.09. The molecule has 1 aromatic heterocycles. The largest absolute Gasteiger partial charge is 0.399 e. The number of nitrogens with two attached hydrogens (primary N) is 1. The predicted molar refractivity (Wildman–Crippen MR) is 74.4 cm³/mol. The number of hydrogen-bond donors (Lipinski definition) is 1. The average molecular weight is 242 g/mol. The minimum Gasteiger partial charge on any atom is -0.399 e. The molecule has 2 rings (SSSR count). The molecule has 0 bridgehead atoms. The minimum atomic E-state index is 0.177. The van der Waals surface area contributed by atoms with E-state index in [0.717, 1.165) is 22.8 Å². The second-order valence-electron chi connectivity index (χ2n) is 4.52. The van der Waals surface area contributed by atoms with Crippen LogP contribution in [-0.4, -0.2) is 17.0 Å². The summed E-state index contributed by atoms with van der Waals surface area (Å²) in [6, 6.07) is 8.07. The maximum Gasteiger partial charge on any atom is 0.225 e. The maximum atomic E-state index is 5.81. The highest BCUT2D eigenvalue weighted by molar-refractivity contribution is 5.44. The Labute approximate surface area is 107 Å². The van der Waals surface area contributed by atoms with E-state index in [1.165, 1.54) is 0 Å². The molecule has 1 aromatic carbocycles. The summed E-state index contributed by atoms with van der Waals surface area (Å²) in [4.78, 5) is 10.7. The highest BCUT2D eigenvalue weighted by Crippen LogP contribution is 2.23. The molecular weight excluding hydrogens is 224 g/mol. The van der Waals surface area contributed by atoms with Crippen molar-refractivity contribution in [3.63, 3.8) is 0 Å². The summed E-state index contributed by atoms with van der Waals surface area (Å²) in [6.07, 6.45) is 3.65. The van der Waals surface area contributed by atoms with E-state index in [0.29, 0.717) is 0 Å². The van der Waals surface area contributed by atoms with Crippen LogP contribution < -0.4 is 10.6 Å². The molecule has 0 radical (unpaired) electrons. The molecule has 0 amide bonds. The van der Waals surface area contributed by atoms with Crippen molar-refractivity contribution >= 4 is 11.6 Å². The summed E-state index contributed by atoms with van der Waals surface area (Å²) in [5, 5.41) is 0. The lowest BCUT2D eigenvalue weighted by Gasteiger charge is -2.25. The number of aryl methyl sites for hydroxylation is 1. The molecule has 1 heterocycles. The zero-order valence-electron chi connectivity index (χ0n) is 11.0. The van der Waals surface area contributed by atoms with Crippen LogP contribution in [0.2, 0.25) is 0 Å². The number of hydrogen-bond acceptors (Lipinski definition) is 4. The van der Waals surface area contributed by atoms with Crippen molar-refractivity contribution in [2.75, 3.05) is 17.7 Å². The lowest BCUT2D eigenvalue weighted by Crippen LogP contribution is -2.23. The van der Waals surface area contributed by atoms with Gasteiger partial charge >= 0.3 is 0 Å². The number of aromatic nitrogens is 2. The van der Waals surface area contributed by atoms with Crippen LogP contribution in [0.4, 0.5) is 11.6 Å². The van der Waals surface area contributed by atoms with Gasteiger partial charge in [0.15, 0.2) is 0 Å². The number of rotatable bonds is 3. The smallest absolute Gasteiger partial charge is 0.225 e. The van der Waals surface area contributed by atoms with E-state index in [9.17, 15) is 0 Å². The fourth-order valence-corrected chi connectivity index (χ4v) is 1.78. The first-order chi connectivity index (χ1) is 8.58. The zero-order chi connectivity index (χ0) is 13.1. The third-order valence-corrected chi connectivity index (χ3v) is 3.06. The Balaban J connectivity index is 2.23. The van der Waals surface area contributed by atoms with E-state index >= 15 is 0 Å². The second-order valence-corrected chi connectivity index (χ2v) is 4.52. The van der Waals surface area contributed by atoms with Crippen LogP contribution in [0.1, 0.15) is 24.1 Å². The Hall–Kier alpha value is -2.10. The molecule has 0 fully saturated rings. The monoisotopic (exact) mass is 242 g/mol. The quantitative estimate of drug-likeness (QED) is 0.840. The van der Waals surface area contributed by atoms with Gasteiger partial charge in [0.25, 0.3) is 0 Å². The molecule has 4 nitrogen and oxygen atoms in total. The van der Waals surface area contributed by atoms with Crippen LogP contribution in [0.15, 0.2) is 36.7 Å². The molecule has 0 saturated heterocycles. The topological polar surface area (TPSA) is 55.0 Å². The highest BCUT2D eigenvalue weighted by atomic mass is 15.2. The van der Waals surface area contributed by atoms with Crippen molar-refractivity contribution in [3.05, 3.63) is 47.8 Å². The molecule has 4 heteroatoms. The van der Waals surface area contributed by atoms with Gasteiger partial charge in [-0.3, -0.25) is 0 Å². The number of anilines is 2. The minimum absolute atomic E-state index is 0.177. The van der Waals surface area contributed by atoms with E-state index < -0.39 is 0 Å². The Kier molecular flexibility index (Phi) is 3.46. The van der Waals surface area contributed by atoms with Crippen molar-refractivity contribution in [2.45, 2.75) is 19.9 Å². The Morgan fingerprint density at radius 1 is 1.22 bits per heavy atom. The van der Waals surface area contributed by atoms with Crippen molar-refractivity contribution in [1.29, 1.82) is 0 Å². The third-order valence-electron chi connectivity index (χ3n) is 3.06. The Morgan fingerprint density at radius 2 is 1.89 bits per heavy atom. The standard InChI is InChI=1S/C14H18N4/c1-10-8-16-14(17-9-10)18(3)11(2)12-5-4-6-13(15)7-12/h4-9,11H,15H2,1-3H3. The van der Waals surface area contributed by atoms with E-state index in [2.05, 4.69) is 23.0 Å². The van der Waals surface area contributed by atoms with Crippen LogP contribution in [-0.2, 0) is 0 Å². The van der Waals surface area contributed by atoms with Crippen LogP contribution in [0.3, 0.4) is 0 Å². The van der Waals surface area contributed by atoms with Crippen molar-refractivity contribution in [1.82, 2.24) is 9.97 Å². The number of benzene rings is 1. The van der Waals surface area contributed by atoms with Gasteiger partial charge in [-0.25, -0.2) is 9.97 Å². The van der Waals surface area contributed by atoms with Crippen LogP contribution >= 0.6 is 0 Å². The molecule has 0 spiro atoms. The molecule has 0 aliphatic carbocycles. The Morgan fingerprint density at radius 3 is 2.50 bits per heavy atom. The molecular formula is C14H18N4. The van der Waals surface area contributed by atoms with Crippen LogP contribution in [0.5, 0.6) is 0 Å². The molecule has 94 valence electrons. The van der Waals surface area contributed by atoms with Crippen molar-refractivity contribution in [3.8, 4) is 0 Å². The summed E-state index contributed by atoms with van der Waals surface area (Å²) >= 11 is 0. The summed E-state index contributed by atoms with van der Waals surface area (Å²) in [5.41, 5.74) is 8.79. The van der Waals surface area contributed by atoms with Gasteiger partial charge in [0, 0.05) is 25.1 Å². The molecule has 1 unspecified atom stereocenters. The van der Waals surface area contributed by atoms with Gasteiger partial charge in [0.1, 0.15) is 0 Å². The van der Waals surface area contributed by atoms with Gasteiger partial charge in [0.2, 0.25) is 5.95 Å². The van der Waals surface area contributed by atoms with Gasteiger partial charge in [0.05, 0.1) is 6.04 Å². The predicted octanol–water partition coefficient (Wildman–Crippen LogP) is 2.56. The molecule has 2 N–H and O–H groups in total. The molecule has 1 atom stereocenters. The number of nitrogen functional groups attached to an aromatic ring is 1. The van der Waals surface area contributed by atoms with Crippen molar-refractivity contribution < 1.29 is 0 Å². The first kappa shape index (κ1) is 12.4. The Bertz CT molecular complexity index is 522. The van der Waals surface area contributed by atoms with E-state index in [1.54, 1.807) is 0 Å². The van der Waals surface area contributed by atoms with Crippen molar-refractivity contribution in [2.24, 2.45) is 0 Å². The number of nitrogens with zero attached hydrogens (tertiary/aromatic N) is 3. The summed E-state index contributed by atoms with van der Waals surface area (Å²) in [5.74, 6) is 0.718. The van der Waals surface area contributed by atoms with E-state index in [-0.39, 0.29) is 6.04 Å². The van der Waals surface area contributed by atoms with Gasteiger partial charge in [-0.15, -0.1) is 0 Å². The van der Waals surface area contributed by atoms with Gasteiger partial charge in [-0.1, -0.05) is 12.1 Å². The third kappa shape index (κ3) is 2.59. The molecule has 0 saturated carbocycles. The van der Waals surface area contributed by atoms with Gasteiger partial charge < -0.3 is 10.6 Å². The first-order valence-corrected chi connectivity index (χ1v) is 5.95. The zero-order valence-corrected chi connectivity index (χ0v) is 11.0. The SMILES string of the molecule is Cc1cnc(N(C)C(C)c2cccc(N)c2)nc1. The van der Waals surface area contributed by atoms with E-state index in [4.69, 9.17) is 5.73 Å². The molecule has 18 heavy (non-hydrogen) atoms. The fourth-order valence-electron chi connectivity index (χ4n) is 1.78. The van der Waals surface area contributed by atoms with E-state index in [1.807, 2.05) is 49.5 Å². The first-order valence-electron chi connectivity index (χ1n) is 5.95. The highest BCUT2D eigenvalue weighted by Gasteiger charge is 2.14. The van der Waals surface area contributed by atoms with Crippen LogP contribution in [0.25, 0.3) is 0 Å². The summed E-state index contributed by atoms with van der Waals surface area (Å²) < 4.78 is 0. The van der Waals surface area contributed by atoms with Gasteiger partial charge in [-0.05, 0) is 37.1 Å².